The monoisotopic (exact) mass is 316 g/mol. The van der Waals surface area contributed by atoms with E-state index in [4.69, 9.17) is 0 Å². The minimum Gasteiger partial charge on any atom is -0.159 e. The van der Waals surface area contributed by atoms with Crippen molar-refractivity contribution in [3.8, 4) is 0 Å². The molecule has 24 heavy (non-hydrogen) atoms. The maximum absolute atomic E-state index is 4.12. The topological polar surface area (TPSA) is 24.7 Å². The van der Waals surface area contributed by atoms with E-state index in [0.29, 0.717) is 0 Å². The van der Waals surface area contributed by atoms with Crippen molar-refractivity contribution < 1.29 is 0 Å². The summed E-state index contributed by atoms with van der Waals surface area (Å²) in [6, 6.07) is 16.7. The fourth-order valence-corrected chi connectivity index (χ4v) is 2.28. The summed E-state index contributed by atoms with van der Waals surface area (Å²) in [5.41, 5.74) is 4.72. The first-order valence-corrected chi connectivity index (χ1v) is 8.28. The molecule has 0 unspecified atom stereocenters. The molecule has 0 atom stereocenters. The molecular weight excluding hydrogens is 292 g/mol. The Bertz CT molecular complexity index is 628. The molecule has 0 fully saturated rings. The Morgan fingerprint density at radius 2 is 1.00 bits per heavy atom. The van der Waals surface area contributed by atoms with Gasteiger partial charge < -0.3 is 0 Å². The van der Waals surface area contributed by atoms with Crippen LogP contribution in [0.3, 0.4) is 0 Å². The second kappa shape index (κ2) is 10.1. The molecule has 2 aromatic rings. The standard InChI is InChI=1S/C22H24N2/c1-3-5-7-19-9-13-21(14-10-19)17-23-24-18-22-15-11-20(12-16-22)8-6-4-2/h3-4,9-18H,1-2,5-8H2. The maximum atomic E-state index is 4.12. The van der Waals surface area contributed by atoms with Gasteiger partial charge in [0.25, 0.3) is 0 Å². The SMILES string of the molecule is C=CCCc1ccc(C=NN=Cc2ccc(CCC=C)cc2)cc1. The number of rotatable bonds is 9. The van der Waals surface area contributed by atoms with E-state index < -0.39 is 0 Å². The second-order valence-corrected chi connectivity index (χ2v) is 5.63. The van der Waals surface area contributed by atoms with Crippen molar-refractivity contribution in [3.05, 3.63) is 96.1 Å². The molecule has 0 aromatic heterocycles. The van der Waals surface area contributed by atoms with Crippen LogP contribution in [0.25, 0.3) is 0 Å². The fraction of sp³-hybridized carbons (Fsp3) is 0.182. The number of hydrogen-bond donors (Lipinski definition) is 0. The van der Waals surface area contributed by atoms with Gasteiger partial charge in [0.1, 0.15) is 0 Å². The van der Waals surface area contributed by atoms with E-state index >= 15 is 0 Å². The minimum absolute atomic E-state index is 1.00. The van der Waals surface area contributed by atoms with Crippen LogP contribution in [0, 0.1) is 0 Å². The summed E-state index contributed by atoms with van der Waals surface area (Å²) >= 11 is 0. The molecule has 0 aliphatic carbocycles. The zero-order valence-corrected chi connectivity index (χ0v) is 14.1. The predicted molar refractivity (Wildman–Crippen MR) is 105 cm³/mol. The summed E-state index contributed by atoms with van der Waals surface area (Å²) in [5.74, 6) is 0. The molecule has 2 nitrogen and oxygen atoms in total. The minimum atomic E-state index is 1.00. The fourth-order valence-electron chi connectivity index (χ4n) is 2.28. The lowest BCUT2D eigenvalue weighted by molar-refractivity contribution is 1.00. The average molecular weight is 316 g/mol. The first-order valence-electron chi connectivity index (χ1n) is 8.28. The van der Waals surface area contributed by atoms with Crippen molar-refractivity contribution in [2.45, 2.75) is 25.7 Å². The molecule has 0 amide bonds. The van der Waals surface area contributed by atoms with E-state index in [-0.39, 0.29) is 0 Å². The first kappa shape index (κ1) is 17.6. The van der Waals surface area contributed by atoms with Gasteiger partial charge >= 0.3 is 0 Å². The van der Waals surface area contributed by atoms with Crippen molar-refractivity contribution in [1.82, 2.24) is 0 Å². The Hall–Kier alpha value is -2.74. The molecule has 0 radical (unpaired) electrons. The normalized spacial score (nSPS) is 11.2. The molecule has 0 saturated heterocycles. The average Bonchev–Trinajstić information content (AvgIpc) is 2.64. The Morgan fingerprint density at radius 1 is 0.625 bits per heavy atom. The Balaban J connectivity index is 1.87. The van der Waals surface area contributed by atoms with Crippen LogP contribution in [0.4, 0.5) is 0 Å². The number of hydrogen-bond acceptors (Lipinski definition) is 2. The highest BCUT2D eigenvalue weighted by Crippen LogP contribution is 2.07. The van der Waals surface area contributed by atoms with E-state index in [1.807, 2.05) is 12.2 Å². The molecule has 122 valence electrons. The van der Waals surface area contributed by atoms with Crippen molar-refractivity contribution in [2.24, 2.45) is 10.2 Å². The third-order valence-corrected chi connectivity index (χ3v) is 3.71. The molecule has 0 bridgehead atoms. The van der Waals surface area contributed by atoms with E-state index in [1.54, 1.807) is 12.4 Å². The van der Waals surface area contributed by atoms with E-state index in [9.17, 15) is 0 Å². The van der Waals surface area contributed by atoms with Crippen LogP contribution in [0.2, 0.25) is 0 Å². The van der Waals surface area contributed by atoms with Crippen LogP contribution >= 0.6 is 0 Å². The lowest BCUT2D eigenvalue weighted by atomic mass is 10.1. The summed E-state index contributed by atoms with van der Waals surface area (Å²) in [6.45, 7) is 7.49. The van der Waals surface area contributed by atoms with Crippen LogP contribution in [0.15, 0.2) is 84.0 Å². The molecular formula is C22H24N2. The highest BCUT2D eigenvalue weighted by Gasteiger charge is 1.93. The van der Waals surface area contributed by atoms with Gasteiger partial charge in [0, 0.05) is 0 Å². The molecule has 0 heterocycles. The summed E-state index contributed by atoms with van der Waals surface area (Å²) < 4.78 is 0. The molecule has 0 N–H and O–H groups in total. The van der Waals surface area contributed by atoms with Gasteiger partial charge in [-0.3, -0.25) is 0 Å². The van der Waals surface area contributed by atoms with Crippen LogP contribution in [0.5, 0.6) is 0 Å². The van der Waals surface area contributed by atoms with Crippen molar-refractivity contribution in [2.75, 3.05) is 0 Å². The van der Waals surface area contributed by atoms with Gasteiger partial charge in [0.15, 0.2) is 0 Å². The quantitative estimate of drug-likeness (QED) is 0.337. The van der Waals surface area contributed by atoms with Crippen LogP contribution in [-0.4, -0.2) is 12.4 Å². The summed E-state index contributed by atoms with van der Waals surface area (Å²) in [6.07, 6.45) is 11.5. The summed E-state index contributed by atoms with van der Waals surface area (Å²) in [7, 11) is 0. The smallest absolute Gasteiger partial charge is 0.0568 e. The zero-order valence-electron chi connectivity index (χ0n) is 14.1. The third kappa shape index (κ3) is 6.17. The molecule has 2 heteroatoms. The van der Waals surface area contributed by atoms with Gasteiger partial charge in [-0.15, -0.1) is 13.2 Å². The Labute approximate surface area is 145 Å². The number of aryl methyl sites for hydroxylation is 2. The van der Waals surface area contributed by atoms with Gasteiger partial charge in [-0.1, -0.05) is 60.7 Å². The molecule has 0 saturated carbocycles. The number of nitrogens with zero attached hydrogens (tertiary/aromatic N) is 2. The van der Waals surface area contributed by atoms with E-state index in [2.05, 4.69) is 71.9 Å². The first-order chi connectivity index (χ1) is 11.8. The van der Waals surface area contributed by atoms with Gasteiger partial charge in [-0.2, -0.15) is 10.2 Å². The molecule has 0 aliphatic heterocycles. The third-order valence-electron chi connectivity index (χ3n) is 3.71. The highest BCUT2D eigenvalue weighted by molar-refractivity contribution is 5.82. The second-order valence-electron chi connectivity index (χ2n) is 5.63. The predicted octanol–water partition coefficient (Wildman–Crippen LogP) is 5.38. The van der Waals surface area contributed by atoms with Crippen molar-refractivity contribution in [1.29, 1.82) is 0 Å². The van der Waals surface area contributed by atoms with Crippen LogP contribution in [-0.2, 0) is 12.8 Å². The Morgan fingerprint density at radius 3 is 1.33 bits per heavy atom. The van der Waals surface area contributed by atoms with Crippen molar-refractivity contribution >= 4 is 12.4 Å². The maximum Gasteiger partial charge on any atom is 0.0568 e. The largest absolute Gasteiger partial charge is 0.159 e. The molecule has 2 rings (SSSR count). The number of benzene rings is 2. The lowest BCUT2D eigenvalue weighted by Crippen LogP contribution is -1.86. The lowest BCUT2D eigenvalue weighted by Gasteiger charge is -1.99. The highest BCUT2D eigenvalue weighted by atomic mass is 15.2. The van der Waals surface area contributed by atoms with Crippen LogP contribution in [0.1, 0.15) is 35.1 Å². The summed E-state index contributed by atoms with van der Waals surface area (Å²) in [4.78, 5) is 0. The number of allylic oxidation sites excluding steroid dienone is 2. The van der Waals surface area contributed by atoms with Crippen molar-refractivity contribution in [3.63, 3.8) is 0 Å². The van der Waals surface area contributed by atoms with Gasteiger partial charge in [-0.25, -0.2) is 0 Å². The molecule has 2 aromatic carbocycles. The van der Waals surface area contributed by atoms with E-state index in [1.165, 1.54) is 11.1 Å². The zero-order chi connectivity index (χ0) is 17.0. The van der Waals surface area contributed by atoms with Gasteiger partial charge in [0.05, 0.1) is 12.4 Å². The Kier molecular flexibility index (Phi) is 7.42. The molecule has 0 aliphatic rings. The summed E-state index contributed by atoms with van der Waals surface area (Å²) in [5, 5.41) is 8.23. The van der Waals surface area contributed by atoms with E-state index in [0.717, 1.165) is 36.8 Å². The van der Waals surface area contributed by atoms with Crippen LogP contribution < -0.4 is 0 Å². The van der Waals surface area contributed by atoms with Gasteiger partial charge in [0.2, 0.25) is 0 Å². The molecule has 0 spiro atoms. The van der Waals surface area contributed by atoms with Gasteiger partial charge in [-0.05, 0) is 47.9 Å².